The van der Waals surface area contributed by atoms with E-state index in [1.807, 2.05) is 0 Å². The average molecular weight is 508 g/mol. The topological polar surface area (TPSA) is 170 Å². The number of fused-ring (bicyclic) bond motifs is 1. The Morgan fingerprint density at radius 2 is 1.65 bits per heavy atom. The molecule has 4 amide bonds. The zero-order valence-corrected chi connectivity index (χ0v) is 19.5. The minimum absolute atomic E-state index is 0.152. The number of nitrogens with zero attached hydrogens (tertiary/aromatic N) is 2. The zero-order chi connectivity index (χ0) is 26.9. The molecule has 12 nitrogen and oxygen atoms in total. The van der Waals surface area contributed by atoms with Crippen LogP contribution in [0.1, 0.15) is 23.2 Å². The molecular formula is C25H24N4O8. The molecule has 12 heteroatoms. The van der Waals surface area contributed by atoms with E-state index in [-0.39, 0.29) is 29.8 Å². The van der Waals surface area contributed by atoms with Crippen LogP contribution in [0.5, 0.6) is 0 Å². The Balaban J connectivity index is 1.97. The molecule has 0 spiro atoms. The zero-order valence-electron chi connectivity index (χ0n) is 19.5. The van der Waals surface area contributed by atoms with Crippen molar-refractivity contribution in [2.75, 3.05) is 22.9 Å². The lowest BCUT2D eigenvalue weighted by Crippen LogP contribution is -2.54. The van der Waals surface area contributed by atoms with Crippen molar-refractivity contribution in [3.63, 3.8) is 0 Å². The third-order valence-electron chi connectivity index (χ3n) is 5.50. The van der Waals surface area contributed by atoms with E-state index in [0.29, 0.717) is 6.29 Å². The van der Waals surface area contributed by atoms with Crippen LogP contribution in [0.25, 0.3) is 0 Å². The fourth-order valence-corrected chi connectivity index (χ4v) is 3.82. The van der Waals surface area contributed by atoms with E-state index in [0.717, 1.165) is 4.90 Å². The molecule has 2 atom stereocenters. The van der Waals surface area contributed by atoms with E-state index in [9.17, 15) is 33.6 Å². The first-order valence-corrected chi connectivity index (χ1v) is 11.2. The molecule has 2 aromatic carbocycles. The predicted octanol–water partition coefficient (Wildman–Crippen LogP) is -0.0878. The smallest absolute Gasteiger partial charge is 0.305 e. The third kappa shape index (κ3) is 6.63. The van der Waals surface area contributed by atoms with Crippen LogP contribution < -0.4 is 20.4 Å². The van der Waals surface area contributed by atoms with Gasteiger partial charge in [-0.15, -0.1) is 0 Å². The normalized spacial score (nSPS) is 15.6. The minimum Gasteiger partial charge on any atom is -0.481 e. The van der Waals surface area contributed by atoms with Crippen molar-refractivity contribution in [2.24, 2.45) is 0 Å². The number of aldehydes is 2. The number of rotatable bonds is 10. The number of carboxylic acids is 1. The van der Waals surface area contributed by atoms with Crippen LogP contribution in [-0.2, 0) is 28.8 Å². The van der Waals surface area contributed by atoms with Gasteiger partial charge in [0.15, 0.2) is 0 Å². The molecule has 2 unspecified atom stereocenters. The maximum atomic E-state index is 13.6. The number of carbonyl (C=O) groups is 7. The molecule has 1 aliphatic rings. The number of para-hydroxylation sites is 2. The molecule has 2 aromatic rings. The summed E-state index contributed by atoms with van der Waals surface area (Å²) in [6, 6.07) is 11.6. The second-order valence-electron chi connectivity index (χ2n) is 8.09. The summed E-state index contributed by atoms with van der Waals surface area (Å²) in [5.41, 5.74) is 0.637. The Kier molecular flexibility index (Phi) is 8.81. The van der Waals surface area contributed by atoms with Gasteiger partial charge in [-0.2, -0.15) is 0 Å². The van der Waals surface area contributed by atoms with Crippen LogP contribution in [0.15, 0.2) is 54.6 Å². The van der Waals surface area contributed by atoms with E-state index in [2.05, 4.69) is 10.6 Å². The Labute approximate surface area is 211 Å². The summed E-state index contributed by atoms with van der Waals surface area (Å²) in [7, 11) is 0. The number of aliphatic carboxylic acids is 1. The van der Waals surface area contributed by atoms with Crippen LogP contribution in [0.3, 0.4) is 0 Å². The molecule has 0 radical (unpaired) electrons. The molecule has 0 saturated heterocycles. The Hall–Kier alpha value is -4.87. The highest BCUT2D eigenvalue weighted by Crippen LogP contribution is 2.33. The molecule has 37 heavy (non-hydrogen) atoms. The lowest BCUT2D eigenvalue weighted by atomic mass is 10.1. The number of benzene rings is 2. The lowest BCUT2D eigenvalue weighted by molar-refractivity contribution is -0.139. The van der Waals surface area contributed by atoms with Gasteiger partial charge in [0.1, 0.15) is 25.2 Å². The van der Waals surface area contributed by atoms with Crippen LogP contribution in [-0.4, -0.2) is 72.5 Å². The van der Waals surface area contributed by atoms with Gasteiger partial charge in [0.05, 0.1) is 36.8 Å². The van der Waals surface area contributed by atoms with Gasteiger partial charge in [-0.05, 0) is 24.3 Å². The summed E-state index contributed by atoms with van der Waals surface area (Å²) >= 11 is 0. The second kappa shape index (κ2) is 12.2. The number of carbonyl (C=O) groups excluding carboxylic acids is 6. The minimum atomic E-state index is -1.32. The summed E-state index contributed by atoms with van der Waals surface area (Å²) in [5, 5.41) is 13.8. The molecule has 0 aromatic heterocycles. The van der Waals surface area contributed by atoms with E-state index in [1.165, 1.54) is 29.2 Å². The molecule has 3 N–H and O–H groups in total. The molecular weight excluding hydrogens is 484 g/mol. The van der Waals surface area contributed by atoms with Crippen molar-refractivity contribution in [3.8, 4) is 0 Å². The van der Waals surface area contributed by atoms with Gasteiger partial charge in [-0.25, -0.2) is 0 Å². The van der Waals surface area contributed by atoms with Crippen molar-refractivity contribution in [1.29, 1.82) is 0 Å². The van der Waals surface area contributed by atoms with Gasteiger partial charge in [-0.1, -0.05) is 30.3 Å². The highest BCUT2D eigenvalue weighted by molar-refractivity contribution is 6.12. The van der Waals surface area contributed by atoms with Crippen LogP contribution >= 0.6 is 0 Å². The number of amides is 4. The molecule has 0 saturated carbocycles. The van der Waals surface area contributed by atoms with Crippen molar-refractivity contribution in [2.45, 2.75) is 24.9 Å². The Morgan fingerprint density at radius 3 is 2.27 bits per heavy atom. The third-order valence-corrected chi connectivity index (χ3v) is 5.50. The summed E-state index contributed by atoms with van der Waals surface area (Å²) in [5.74, 6) is -4.08. The molecule has 1 aliphatic heterocycles. The van der Waals surface area contributed by atoms with Gasteiger partial charge in [0.25, 0.3) is 11.8 Å². The Bertz CT molecular complexity index is 1220. The molecule has 192 valence electrons. The number of anilines is 2. The molecule has 1 heterocycles. The standard InChI is InChI=1S/C25H24N4O8/c30-11-10-22(33)28-13-18(27-24(36)16-6-2-1-3-7-16)25(37)29(20-9-5-4-8-19(20)28)14-21(32)26-17(15-31)12-23(34)35/h1-9,11,15,17-18H,10,12-14H2,(H,26,32)(H,27,36)(H,34,35). The van der Waals surface area contributed by atoms with Crippen molar-refractivity contribution in [3.05, 3.63) is 60.2 Å². The summed E-state index contributed by atoms with van der Waals surface area (Å²) < 4.78 is 0. The predicted molar refractivity (Wildman–Crippen MR) is 130 cm³/mol. The second-order valence-corrected chi connectivity index (χ2v) is 8.09. The summed E-state index contributed by atoms with van der Waals surface area (Å²) in [4.78, 5) is 87.4. The van der Waals surface area contributed by atoms with Gasteiger partial charge in [-0.3, -0.25) is 28.9 Å². The first-order chi connectivity index (χ1) is 17.7. The molecule has 0 fully saturated rings. The maximum absolute atomic E-state index is 13.6. The van der Waals surface area contributed by atoms with E-state index >= 15 is 0 Å². The molecule has 3 rings (SSSR count). The fraction of sp³-hybridized carbons (Fsp3) is 0.240. The first-order valence-electron chi connectivity index (χ1n) is 11.2. The number of nitrogens with one attached hydrogen (secondary N) is 2. The van der Waals surface area contributed by atoms with E-state index in [1.54, 1.807) is 30.3 Å². The fourth-order valence-electron chi connectivity index (χ4n) is 3.82. The van der Waals surface area contributed by atoms with Crippen LogP contribution in [0, 0.1) is 0 Å². The van der Waals surface area contributed by atoms with E-state index in [4.69, 9.17) is 5.11 Å². The average Bonchev–Trinajstić information content (AvgIpc) is 2.99. The number of hydrogen-bond acceptors (Lipinski definition) is 7. The molecule has 0 bridgehead atoms. The van der Waals surface area contributed by atoms with Crippen molar-refractivity contribution >= 4 is 53.5 Å². The first kappa shape index (κ1) is 26.7. The highest BCUT2D eigenvalue weighted by atomic mass is 16.4. The lowest BCUT2D eigenvalue weighted by Gasteiger charge is -2.25. The van der Waals surface area contributed by atoms with Gasteiger partial charge in [0.2, 0.25) is 11.8 Å². The van der Waals surface area contributed by atoms with Gasteiger partial charge in [0, 0.05) is 5.56 Å². The SMILES string of the molecule is O=CCC(=O)N1CC(NC(=O)c2ccccc2)C(=O)N(CC(=O)NC(C=O)CC(=O)O)c2ccccc21. The van der Waals surface area contributed by atoms with Crippen LogP contribution in [0.2, 0.25) is 0 Å². The van der Waals surface area contributed by atoms with Crippen molar-refractivity contribution < 1.29 is 38.7 Å². The molecule has 0 aliphatic carbocycles. The van der Waals surface area contributed by atoms with Gasteiger partial charge < -0.3 is 30.2 Å². The number of hydrogen-bond donors (Lipinski definition) is 3. The summed E-state index contributed by atoms with van der Waals surface area (Å²) in [6.07, 6.45) is -0.433. The van der Waals surface area contributed by atoms with E-state index < -0.39 is 61.1 Å². The summed E-state index contributed by atoms with van der Waals surface area (Å²) in [6.45, 7) is -0.942. The van der Waals surface area contributed by atoms with Crippen LogP contribution in [0.4, 0.5) is 11.4 Å². The monoisotopic (exact) mass is 508 g/mol. The number of carboxylic acid groups (broad SMARTS) is 1. The quantitative estimate of drug-likeness (QED) is 0.295. The maximum Gasteiger partial charge on any atom is 0.305 e. The Morgan fingerprint density at radius 1 is 1.00 bits per heavy atom. The van der Waals surface area contributed by atoms with Crippen molar-refractivity contribution in [1.82, 2.24) is 10.6 Å². The largest absolute Gasteiger partial charge is 0.481 e. The van der Waals surface area contributed by atoms with Gasteiger partial charge >= 0.3 is 5.97 Å². The highest BCUT2D eigenvalue weighted by Gasteiger charge is 2.37.